The molecule has 1 aromatic carbocycles. The molecule has 1 aromatic rings. The van der Waals surface area contributed by atoms with E-state index in [0.717, 1.165) is 35.2 Å². The van der Waals surface area contributed by atoms with Crippen molar-refractivity contribution in [1.82, 2.24) is 0 Å². The number of anilines is 2. The molecule has 0 aliphatic carbocycles. The third kappa shape index (κ3) is 2.46. The van der Waals surface area contributed by atoms with Crippen molar-refractivity contribution in [1.29, 1.82) is 0 Å². The number of hydrogen-bond acceptors (Lipinski definition) is 2. The summed E-state index contributed by atoms with van der Waals surface area (Å²) in [5.41, 5.74) is 2.15. The fourth-order valence-corrected chi connectivity index (χ4v) is 2.42. The van der Waals surface area contributed by atoms with Gasteiger partial charge in [-0.3, -0.25) is 4.79 Å². The average molecular weight is 297 g/mol. The Kier molecular flexibility index (Phi) is 3.72. The van der Waals surface area contributed by atoms with Crippen LogP contribution in [-0.2, 0) is 4.79 Å². The molecule has 92 valence electrons. The van der Waals surface area contributed by atoms with Crippen molar-refractivity contribution in [2.24, 2.45) is 0 Å². The van der Waals surface area contributed by atoms with Gasteiger partial charge in [-0.15, -0.1) is 0 Å². The minimum atomic E-state index is 0.159. The maximum absolute atomic E-state index is 11.9. The largest absolute Gasteiger partial charge is 0.361 e. The van der Waals surface area contributed by atoms with Crippen LogP contribution < -0.4 is 9.80 Å². The molecule has 17 heavy (non-hydrogen) atoms. The van der Waals surface area contributed by atoms with Crippen LogP contribution in [0.15, 0.2) is 22.7 Å². The van der Waals surface area contributed by atoms with Crippen LogP contribution in [0, 0.1) is 0 Å². The molecule has 0 unspecified atom stereocenters. The summed E-state index contributed by atoms with van der Waals surface area (Å²) < 4.78 is 1.01. The summed E-state index contributed by atoms with van der Waals surface area (Å²) in [4.78, 5) is 15.8. The Morgan fingerprint density at radius 1 is 1.35 bits per heavy atom. The molecule has 0 fully saturated rings. The van der Waals surface area contributed by atoms with Gasteiger partial charge >= 0.3 is 0 Å². The predicted octanol–water partition coefficient (Wildman–Crippen LogP) is 3.03. The number of benzene rings is 1. The molecule has 0 N–H and O–H groups in total. The topological polar surface area (TPSA) is 23.6 Å². The molecule has 0 spiro atoms. The van der Waals surface area contributed by atoms with Gasteiger partial charge in [0, 0.05) is 18.1 Å². The number of nitrogens with zero attached hydrogens (tertiary/aromatic N) is 2. The number of likely N-dealkylation sites (N-methyl/N-ethyl adjacent to an activating group) is 1. The zero-order valence-electron chi connectivity index (χ0n) is 10.2. The summed E-state index contributed by atoms with van der Waals surface area (Å²) in [6.07, 6.45) is 2.26. The summed E-state index contributed by atoms with van der Waals surface area (Å²) in [6, 6.07) is 6.12. The van der Waals surface area contributed by atoms with Gasteiger partial charge in [-0.2, -0.15) is 0 Å². The van der Waals surface area contributed by atoms with E-state index in [4.69, 9.17) is 0 Å². The van der Waals surface area contributed by atoms with Gasteiger partial charge in [-0.1, -0.05) is 29.3 Å². The van der Waals surface area contributed by atoms with E-state index in [0.29, 0.717) is 6.54 Å². The molecule has 0 aromatic heterocycles. The lowest BCUT2D eigenvalue weighted by Crippen LogP contribution is -2.44. The van der Waals surface area contributed by atoms with E-state index in [2.05, 4.69) is 33.8 Å². The highest BCUT2D eigenvalue weighted by Gasteiger charge is 2.26. The predicted molar refractivity (Wildman–Crippen MR) is 74.7 cm³/mol. The molecule has 0 radical (unpaired) electrons. The average Bonchev–Trinajstić information content (AvgIpc) is 2.32. The summed E-state index contributed by atoms with van der Waals surface area (Å²) >= 11 is 3.45. The van der Waals surface area contributed by atoms with Gasteiger partial charge in [-0.25, -0.2) is 0 Å². The van der Waals surface area contributed by atoms with Gasteiger partial charge in [0.1, 0.15) is 0 Å². The zero-order valence-corrected chi connectivity index (χ0v) is 11.8. The van der Waals surface area contributed by atoms with E-state index < -0.39 is 0 Å². The maximum atomic E-state index is 11.9. The van der Waals surface area contributed by atoms with Crippen LogP contribution in [0.2, 0.25) is 0 Å². The summed E-state index contributed by atoms with van der Waals surface area (Å²) in [6.45, 7) is 3.61. The first kappa shape index (κ1) is 12.4. The van der Waals surface area contributed by atoms with Crippen molar-refractivity contribution >= 4 is 33.2 Å². The second-order valence-electron chi connectivity index (χ2n) is 4.36. The van der Waals surface area contributed by atoms with Crippen LogP contribution in [0.25, 0.3) is 0 Å². The molecule has 3 nitrogen and oxygen atoms in total. The van der Waals surface area contributed by atoms with Crippen molar-refractivity contribution in [3.63, 3.8) is 0 Å². The lowest BCUT2D eigenvalue weighted by atomic mass is 10.1. The van der Waals surface area contributed by atoms with E-state index in [1.807, 2.05) is 19.2 Å². The van der Waals surface area contributed by atoms with Crippen LogP contribution in [-0.4, -0.2) is 26.0 Å². The van der Waals surface area contributed by atoms with E-state index in [9.17, 15) is 4.79 Å². The zero-order chi connectivity index (χ0) is 12.4. The van der Waals surface area contributed by atoms with Gasteiger partial charge in [0.25, 0.3) is 0 Å². The van der Waals surface area contributed by atoms with E-state index in [1.165, 1.54) is 0 Å². The van der Waals surface area contributed by atoms with E-state index >= 15 is 0 Å². The number of halogens is 1. The summed E-state index contributed by atoms with van der Waals surface area (Å²) in [7, 11) is 1.84. The van der Waals surface area contributed by atoms with Gasteiger partial charge in [0.2, 0.25) is 5.91 Å². The number of rotatable bonds is 3. The van der Waals surface area contributed by atoms with Gasteiger partial charge in [0.05, 0.1) is 17.9 Å². The normalized spacial score (nSPS) is 15.1. The highest BCUT2D eigenvalue weighted by atomic mass is 79.9. The first-order chi connectivity index (χ1) is 8.13. The standard InChI is InChI=1S/C13H17BrN2O/c1-3-4-7-16-9-13(17)15(2)12-8-10(14)5-6-11(12)16/h5-6,8H,3-4,7,9H2,1-2H3. The molecular weight excluding hydrogens is 280 g/mol. The molecule has 0 atom stereocenters. The molecule has 0 saturated carbocycles. The second-order valence-corrected chi connectivity index (χ2v) is 5.28. The third-order valence-corrected chi connectivity index (χ3v) is 3.61. The Balaban J connectivity index is 2.35. The second kappa shape index (κ2) is 5.08. The number of fused-ring (bicyclic) bond motifs is 1. The summed E-state index contributed by atoms with van der Waals surface area (Å²) in [5.74, 6) is 0.159. The Bertz CT molecular complexity index is 433. The van der Waals surface area contributed by atoms with Crippen molar-refractivity contribution in [2.45, 2.75) is 19.8 Å². The maximum Gasteiger partial charge on any atom is 0.246 e. The summed E-state index contributed by atoms with van der Waals surface area (Å²) in [5, 5.41) is 0. The lowest BCUT2D eigenvalue weighted by molar-refractivity contribution is -0.117. The van der Waals surface area contributed by atoms with Gasteiger partial charge in [0.15, 0.2) is 0 Å². The van der Waals surface area contributed by atoms with Gasteiger partial charge < -0.3 is 9.80 Å². The van der Waals surface area contributed by atoms with Crippen molar-refractivity contribution in [3.05, 3.63) is 22.7 Å². The molecule has 0 bridgehead atoms. The van der Waals surface area contributed by atoms with E-state index in [-0.39, 0.29) is 5.91 Å². The first-order valence-corrected chi connectivity index (χ1v) is 6.74. The van der Waals surface area contributed by atoms with Crippen LogP contribution >= 0.6 is 15.9 Å². The van der Waals surface area contributed by atoms with Crippen LogP contribution in [0.1, 0.15) is 19.8 Å². The number of hydrogen-bond donors (Lipinski definition) is 0. The smallest absolute Gasteiger partial charge is 0.246 e. The Morgan fingerprint density at radius 2 is 2.12 bits per heavy atom. The quantitative estimate of drug-likeness (QED) is 0.856. The molecule has 2 rings (SSSR count). The molecule has 4 heteroatoms. The van der Waals surface area contributed by atoms with Crippen molar-refractivity contribution < 1.29 is 4.79 Å². The van der Waals surface area contributed by atoms with Gasteiger partial charge in [-0.05, 0) is 24.6 Å². The number of unbranched alkanes of at least 4 members (excludes halogenated alkanes) is 1. The van der Waals surface area contributed by atoms with Crippen LogP contribution in [0.4, 0.5) is 11.4 Å². The third-order valence-electron chi connectivity index (χ3n) is 3.12. The minimum absolute atomic E-state index is 0.159. The fourth-order valence-electron chi connectivity index (χ4n) is 2.07. The Labute approximate surface area is 111 Å². The van der Waals surface area contributed by atoms with Crippen molar-refractivity contribution in [3.8, 4) is 0 Å². The number of carbonyl (C=O) groups is 1. The molecular formula is C13H17BrN2O. The minimum Gasteiger partial charge on any atom is -0.361 e. The molecule has 1 heterocycles. The fraction of sp³-hybridized carbons (Fsp3) is 0.462. The van der Waals surface area contributed by atoms with Crippen molar-refractivity contribution in [2.75, 3.05) is 29.9 Å². The van der Waals surface area contributed by atoms with E-state index in [1.54, 1.807) is 4.90 Å². The highest BCUT2D eigenvalue weighted by molar-refractivity contribution is 9.10. The Hall–Kier alpha value is -1.03. The SMILES string of the molecule is CCCCN1CC(=O)N(C)c2cc(Br)ccc21. The number of carbonyl (C=O) groups excluding carboxylic acids is 1. The highest BCUT2D eigenvalue weighted by Crippen LogP contribution is 2.35. The van der Waals surface area contributed by atoms with Crippen LogP contribution in [0.5, 0.6) is 0 Å². The monoisotopic (exact) mass is 296 g/mol. The lowest BCUT2D eigenvalue weighted by Gasteiger charge is -2.35. The first-order valence-electron chi connectivity index (χ1n) is 5.94. The number of amides is 1. The Morgan fingerprint density at radius 3 is 2.82 bits per heavy atom. The molecule has 0 saturated heterocycles. The molecule has 1 aliphatic rings. The molecule has 1 amide bonds. The molecule has 1 aliphatic heterocycles. The van der Waals surface area contributed by atoms with Crippen LogP contribution in [0.3, 0.4) is 0 Å².